The minimum absolute atomic E-state index is 0.0303. The molecule has 0 atom stereocenters. The van der Waals surface area contributed by atoms with Gasteiger partial charge in [-0.15, -0.1) is 0 Å². The molecule has 4 aromatic rings. The highest BCUT2D eigenvalue weighted by Crippen LogP contribution is 2.21. The molecule has 31 heavy (non-hydrogen) atoms. The van der Waals surface area contributed by atoms with Gasteiger partial charge in [-0.25, -0.2) is 0 Å². The molecule has 4 rings (SSSR count). The lowest BCUT2D eigenvalue weighted by Gasteiger charge is -2.09. The van der Waals surface area contributed by atoms with E-state index in [1.54, 1.807) is 41.1 Å². The third-order valence-electron chi connectivity index (χ3n) is 4.80. The predicted octanol–water partition coefficient (Wildman–Crippen LogP) is 4.62. The summed E-state index contributed by atoms with van der Waals surface area (Å²) in [7, 11) is 0. The van der Waals surface area contributed by atoms with Crippen molar-refractivity contribution in [2.45, 2.75) is 13.1 Å². The number of rotatable bonds is 7. The van der Waals surface area contributed by atoms with E-state index in [0.717, 1.165) is 16.9 Å². The summed E-state index contributed by atoms with van der Waals surface area (Å²) < 4.78 is 7.45. The minimum Gasteiger partial charge on any atom is -0.457 e. The van der Waals surface area contributed by atoms with Crippen LogP contribution < -0.4 is 15.6 Å². The van der Waals surface area contributed by atoms with E-state index in [4.69, 9.17) is 4.74 Å². The van der Waals surface area contributed by atoms with E-state index in [0.29, 0.717) is 24.4 Å². The van der Waals surface area contributed by atoms with Crippen molar-refractivity contribution in [2.24, 2.45) is 0 Å². The molecule has 0 spiro atoms. The highest BCUT2D eigenvalue weighted by molar-refractivity contribution is 5.94. The van der Waals surface area contributed by atoms with Crippen molar-refractivity contribution < 1.29 is 9.53 Å². The topological polar surface area (TPSA) is 60.3 Å². The summed E-state index contributed by atoms with van der Waals surface area (Å²) in [6.07, 6.45) is 1.77. The third kappa shape index (κ3) is 5.48. The number of ether oxygens (including phenoxy) is 1. The van der Waals surface area contributed by atoms with Gasteiger partial charge in [0.05, 0.1) is 6.54 Å². The molecule has 3 aromatic carbocycles. The lowest BCUT2D eigenvalue weighted by Crippen LogP contribution is -2.22. The Morgan fingerprint density at radius 3 is 2.26 bits per heavy atom. The maximum Gasteiger partial charge on any atom is 0.251 e. The fraction of sp³-hybridized carbons (Fsp3) is 0.0769. The first-order valence-electron chi connectivity index (χ1n) is 10.0. The summed E-state index contributed by atoms with van der Waals surface area (Å²) in [6.45, 7) is 0.925. The van der Waals surface area contributed by atoms with Gasteiger partial charge in [0.25, 0.3) is 11.5 Å². The minimum atomic E-state index is -0.168. The van der Waals surface area contributed by atoms with Crippen molar-refractivity contribution in [1.29, 1.82) is 0 Å². The molecular formula is C26H22N2O3. The number of carbonyl (C=O) groups excluding carboxylic acids is 1. The van der Waals surface area contributed by atoms with Gasteiger partial charge in [0.1, 0.15) is 11.5 Å². The first-order valence-corrected chi connectivity index (χ1v) is 10.0. The van der Waals surface area contributed by atoms with Gasteiger partial charge in [-0.1, -0.05) is 54.6 Å². The summed E-state index contributed by atoms with van der Waals surface area (Å²) in [5.41, 5.74) is 2.51. The Labute approximate surface area is 180 Å². The van der Waals surface area contributed by atoms with E-state index >= 15 is 0 Å². The van der Waals surface area contributed by atoms with Gasteiger partial charge in [0.15, 0.2) is 0 Å². The molecule has 154 valence electrons. The van der Waals surface area contributed by atoms with E-state index in [-0.39, 0.29) is 11.5 Å². The molecule has 0 radical (unpaired) electrons. The van der Waals surface area contributed by atoms with Crippen LogP contribution in [0.4, 0.5) is 0 Å². The Balaban J connectivity index is 1.35. The zero-order chi connectivity index (χ0) is 21.5. The van der Waals surface area contributed by atoms with E-state index in [9.17, 15) is 9.59 Å². The zero-order valence-corrected chi connectivity index (χ0v) is 16.9. The van der Waals surface area contributed by atoms with Gasteiger partial charge in [-0.05, 0) is 47.5 Å². The maximum atomic E-state index is 12.6. The SMILES string of the molecule is O=C(NCc1ccc(Cn2ccccc2=O)cc1)c1cccc(Oc2ccccc2)c1. The molecular weight excluding hydrogens is 388 g/mol. The van der Waals surface area contributed by atoms with Crippen LogP contribution in [0.2, 0.25) is 0 Å². The van der Waals surface area contributed by atoms with Crippen molar-refractivity contribution >= 4 is 5.91 Å². The summed E-state index contributed by atoms with van der Waals surface area (Å²) >= 11 is 0. The number of nitrogens with zero attached hydrogens (tertiary/aromatic N) is 1. The molecule has 5 heteroatoms. The lowest BCUT2D eigenvalue weighted by atomic mass is 10.1. The monoisotopic (exact) mass is 410 g/mol. The molecule has 0 unspecified atom stereocenters. The molecule has 0 aliphatic rings. The van der Waals surface area contributed by atoms with Crippen LogP contribution in [0.3, 0.4) is 0 Å². The second-order valence-corrected chi connectivity index (χ2v) is 7.11. The van der Waals surface area contributed by atoms with Gasteiger partial charge in [0, 0.05) is 24.4 Å². The molecule has 1 aromatic heterocycles. The summed E-state index contributed by atoms with van der Waals surface area (Å²) in [6, 6.07) is 29.5. The Bertz CT molecular complexity index is 1220. The van der Waals surface area contributed by atoms with Gasteiger partial charge < -0.3 is 14.6 Å². The van der Waals surface area contributed by atoms with Crippen LogP contribution >= 0.6 is 0 Å². The molecule has 1 amide bonds. The highest BCUT2D eigenvalue weighted by Gasteiger charge is 2.07. The zero-order valence-electron chi connectivity index (χ0n) is 16.9. The molecule has 0 aliphatic heterocycles. The molecule has 0 saturated carbocycles. The average molecular weight is 410 g/mol. The van der Waals surface area contributed by atoms with Crippen molar-refractivity contribution in [3.8, 4) is 11.5 Å². The fourth-order valence-corrected chi connectivity index (χ4v) is 3.16. The lowest BCUT2D eigenvalue weighted by molar-refractivity contribution is 0.0950. The number of hydrogen-bond acceptors (Lipinski definition) is 3. The van der Waals surface area contributed by atoms with Crippen molar-refractivity contribution in [3.63, 3.8) is 0 Å². The van der Waals surface area contributed by atoms with Crippen molar-refractivity contribution in [1.82, 2.24) is 9.88 Å². The number of carbonyl (C=O) groups is 1. The standard InChI is InChI=1S/C26H22N2O3/c29-25-11-4-5-16-28(25)19-21-14-12-20(13-15-21)18-27-26(30)22-7-6-10-24(17-22)31-23-8-2-1-3-9-23/h1-17H,18-19H2,(H,27,30). The average Bonchev–Trinajstić information content (AvgIpc) is 2.81. The van der Waals surface area contributed by atoms with Gasteiger partial charge in [-0.3, -0.25) is 9.59 Å². The number of aromatic nitrogens is 1. The van der Waals surface area contributed by atoms with E-state index in [2.05, 4.69) is 5.32 Å². The quantitative estimate of drug-likeness (QED) is 0.484. The Kier molecular flexibility index (Phi) is 6.24. The van der Waals surface area contributed by atoms with Crippen molar-refractivity contribution in [3.05, 3.63) is 130 Å². The van der Waals surface area contributed by atoms with Crippen LogP contribution in [-0.4, -0.2) is 10.5 Å². The molecule has 5 nitrogen and oxygen atoms in total. The molecule has 1 heterocycles. The molecule has 1 N–H and O–H groups in total. The molecule has 0 aliphatic carbocycles. The van der Waals surface area contributed by atoms with Gasteiger partial charge in [-0.2, -0.15) is 0 Å². The number of amides is 1. The normalized spacial score (nSPS) is 10.5. The Hall–Kier alpha value is -4.12. The van der Waals surface area contributed by atoms with Gasteiger partial charge >= 0.3 is 0 Å². The fourth-order valence-electron chi connectivity index (χ4n) is 3.16. The number of para-hydroxylation sites is 1. The summed E-state index contributed by atoms with van der Waals surface area (Å²) in [4.78, 5) is 24.4. The first kappa shape index (κ1) is 20.2. The largest absolute Gasteiger partial charge is 0.457 e. The predicted molar refractivity (Wildman–Crippen MR) is 120 cm³/mol. The number of benzene rings is 3. The molecule has 0 fully saturated rings. The Morgan fingerprint density at radius 2 is 1.48 bits per heavy atom. The van der Waals surface area contributed by atoms with E-state index in [1.165, 1.54) is 0 Å². The number of pyridine rings is 1. The third-order valence-corrected chi connectivity index (χ3v) is 4.80. The van der Waals surface area contributed by atoms with E-state index in [1.807, 2.05) is 66.7 Å². The second-order valence-electron chi connectivity index (χ2n) is 7.11. The van der Waals surface area contributed by atoms with Gasteiger partial charge in [0.2, 0.25) is 0 Å². The smallest absolute Gasteiger partial charge is 0.251 e. The van der Waals surface area contributed by atoms with Crippen LogP contribution in [0.15, 0.2) is 108 Å². The molecule has 0 bridgehead atoms. The molecule has 0 saturated heterocycles. The second kappa shape index (κ2) is 9.59. The number of hydrogen-bond donors (Lipinski definition) is 1. The summed E-state index contributed by atoms with van der Waals surface area (Å²) in [5.74, 6) is 1.16. The van der Waals surface area contributed by atoms with E-state index < -0.39 is 0 Å². The van der Waals surface area contributed by atoms with Crippen LogP contribution in [-0.2, 0) is 13.1 Å². The van der Waals surface area contributed by atoms with Crippen LogP contribution in [0.1, 0.15) is 21.5 Å². The van der Waals surface area contributed by atoms with Crippen LogP contribution in [0.25, 0.3) is 0 Å². The number of nitrogens with one attached hydrogen (secondary N) is 1. The van der Waals surface area contributed by atoms with Crippen LogP contribution in [0, 0.1) is 0 Å². The first-order chi connectivity index (χ1) is 15.2. The maximum absolute atomic E-state index is 12.6. The summed E-state index contributed by atoms with van der Waals surface area (Å²) in [5, 5.41) is 2.93. The highest BCUT2D eigenvalue weighted by atomic mass is 16.5. The van der Waals surface area contributed by atoms with Crippen LogP contribution in [0.5, 0.6) is 11.5 Å². The Morgan fingerprint density at radius 1 is 0.774 bits per heavy atom. The van der Waals surface area contributed by atoms with Crippen molar-refractivity contribution in [2.75, 3.05) is 0 Å².